The van der Waals surface area contributed by atoms with Gasteiger partial charge in [0, 0.05) is 18.4 Å². The lowest BCUT2D eigenvalue weighted by molar-refractivity contribution is -0.142. The second kappa shape index (κ2) is 5.35. The molecule has 0 unspecified atom stereocenters. The number of amides is 1. The molecule has 1 fully saturated rings. The molecule has 0 saturated heterocycles. The van der Waals surface area contributed by atoms with E-state index in [0.29, 0.717) is 18.4 Å². The zero-order valence-electron chi connectivity index (χ0n) is 9.60. The van der Waals surface area contributed by atoms with Crippen LogP contribution in [0.5, 0.6) is 0 Å². The van der Waals surface area contributed by atoms with E-state index in [4.69, 9.17) is 16.7 Å². The van der Waals surface area contributed by atoms with Crippen LogP contribution in [-0.2, 0) is 4.79 Å². The monoisotopic (exact) mass is 268 g/mol. The first-order chi connectivity index (χ1) is 8.59. The summed E-state index contributed by atoms with van der Waals surface area (Å²) in [6.07, 6.45) is 4.96. The van der Waals surface area contributed by atoms with Gasteiger partial charge < -0.3 is 10.4 Å². The molecule has 0 bridgehead atoms. The molecular weight excluding hydrogens is 256 g/mol. The van der Waals surface area contributed by atoms with E-state index in [2.05, 4.69) is 10.3 Å². The molecule has 96 valence electrons. The van der Waals surface area contributed by atoms with Crippen LogP contribution in [-0.4, -0.2) is 28.0 Å². The predicted octanol–water partition coefficient (Wildman–Crippen LogP) is 1.72. The number of carbonyl (C=O) groups is 2. The summed E-state index contributed by atoms with van der Waals surface area (Å²) in [5.41, 5.74) is 0.322. The minimum Gasteiger partial charge on any atom is -0.481 e. The Morgan fingerprint density at radius 2 is 2.22 bits per heavy atom. The lowest BCUT2D eigenvalue weighted by atomic mass is 10.0. The topological polar surface area (TPSA) is 79.3 Å². The number of carboxylic acids is 1. The van der Waals surface area contributed by atoms with Crippen molar-refractivity contribution in [1.82, 2.24) is 10.3 Å². The predicted molar refractivity (Wildman–Crippen MR) is 65.5 cm³/mol. The van der Waals surface area contributed by atoms with Crippen LogP contribution in [0.1, 0.15) is 29.6 Å². The molecule has 18 heavy (non-hydrogen) atoms. The van der Waals surface area contributed by atoms with Crippen LogP contribution in [0.15, 0.2) is 18.5 Å². The van der Waals surface area contributed by atoms with Crippen molar-refractivity contribution >= 4 is 23.5 Å². The van der Waals surface area contributed by atoms with Crippen molar-refractivity contribution in [1.29, 1.82) is 0 Å². The number of nitrogens with zero attached hydrogens (tertiary/aromatic N) is 1. The summed E-state index contributed by atoms with van der Waals surface area (Å²) in [5.74, 6) is -1.71. The number of pyridine rings is 1. The van der Waals surface area contributed by atoms with Gasteiger partial charge >= 0.3 is 5.97 Å². The van der Waals surface area contributed by atoms with Crippen molar-refractivity contribution in [3.8, 4) is 0 Å². The highest BCUT2D eigenvalue weighted by atomic mass is 35.5. The molecule has 0 radical (unpaired) electrons. The Labute approximate surface area is 109 Å². The minimum atomic E-state index is -0.862. The third kappa shape index (κ3) is 2.61. The van der Waals surface area contributed by atoms with E-state index in [1.807, 2.05) is 0 Å². The number of carboxylic acid groups (broad SMARTS) is 1. The lowest BCUT2D eigenvalue weighted by Crippen LogP contribution is -2.40. The van der Waals surface area contributed by atoms with Gasteiger partial charge in [-0.05, 0) is 18.9 Å². The zero-order valence-corrected chi connectivity index (χ0v) is 10.4. The van der Waals surface area contributed by atoms with Crippen LogP contribution in [0.3, 0.4) is 0 Å². The number of hydrogen-bond donors (Lipinski definition) is 2. The molecule has 1 saturated carbocycles. The van der Waals surface area contributed by atoms with Gasteiger partial charge in [0.15, 0.2) is 0 Å². The first-order valence-corrected chi connectivity index (χ1v) is 6.10. The van der Waals surface area contributed by atoms with Crippen LogP contribution in [0.4, 0.5) is 0 Å². The number of aliphatic carboxylic acids is 1. The standard InChI is InChI=1S/C12H13ClN2O3/c13-9-6-14-5-4-7(9)11(16)15-10-3-1-2-8(10)12(17)18/h4-6,8,10H,1-3H2,(H,15,16)(H,17,18)/t8-,10-/m0/s1. The Hall–Kier alpha value is -1.62. The summed E-state index contributed by atoms with van der Waals surface area (Å²) < 4.78 is 0. The third-order valence-corrected chi connectivity index (χ3v) is 3.47. The number of hydrogen-bond acceptors (Lipinski definition) is 3. The molecule has 2 rings (SSSR count). The second-order valence-electron chi connectivity index (χ2n) is 4.31. The van der Waals surface area contributed by atoms with Crippen LogP contribution in [0.2, 0.25) is 5.02 Å². The summed E-state index contributed by atoms with van der Waals surface area (Å²) in [6, 6.07) is 1.20. The highest BCUT2D eigenvalue weighted by molar-refractivity contribution is 6.33. The minimum absolute atomic E-state index is 0.264. The molecule has 5 nitrogen and oxygen atoms in total. The van der Waals surface area contributed by atoms with E-state index in [9.17, 15) is 9.59 Å². The number of aromatic nitrogens is 1. The maximum absolute atomic E-state index is 12.0. The Bertz CT molecular complexity index is 478. The average Bonchev–Trinajstić information content (AvgIpc) is 2.77. The smallest absolute Gasteiger partial charge is 0.308 e. The molecule has 0 aromatic carbocycles. The largest absolute Gasteiger partial charge is 0.481 e. The van der Waals surface area contributed by atoms with Gasteiger partial charge in [-0.1, -0.05) is 18.0 Å². The fourth-order valence-electron chi connectivity index (χ4n) is 2.23. The molecule has 6 heteroatoms. The summed E-state index contributed by atoms with van der Waals surface area (Å²) in [6.45, 7) is 0. The first-order valence-electron chi connectivity index (χ1n) is 5.73. The SMILES string of the molecule is O=C(N[C@H]1CCC[C@@H]1C(=O)O)c1ccncc1Cl. The van der Waals surface area contributed by atoms with Gasteiger partial charge in [0.1, 0.15) is 0 Å². The van der Waals surface area contributed by atoms with Gasteiger partial charge in [-0.2, -0.15) is 0 Å². The van der Waals surface area contributed by atoms with Crippen molar-refractivity contribution in [3.05, 3.63) is 29.0 Å². The van der Waals surface area contributed by atoms with E-state index in [1.54, 1.807) is 0 Å². The second-order valence-corrected chi connectivity index (χ2v) is 4.72. The van der Waals surface area contributed by atoms with Gasteiger partial charge in [-0.25, -0.2) is 0 Å². The lowest BCUT2D eigenvalue weighted by Gasteiger charge is -2.17. The summed E-state index contributed by atoms with van der Waals surface area (Å²) >= 11 is 5.86. The number of nitrogens with one attached hydrogen (secondary N) is 1. The Morgan fingerprint density at radius 3 is 2.89 bits per heavy atom. The number of carbonyl (C=O) groups excluding carboxylic acids is 1. The van der Waals surface area contributed by atoms with E-state index in [-0.39, 0.29) is 17.0 Å². The normalized spacial score (nSPS) is 22.7. The van der Waals surface area contributed by atoms with Crippen molar-refractivity contribution in [3.63, 3.8) is 0 Å². The molecular formula is C12H13ClN2O3. The van der Waals surface area contributed by atoms with Gasteiger partial charge in [-0.15, -0.1) is 0 Å². The fraction of sp³-hybridized carbons (Fsp3) is 0.417. The maximum Gasteiger partial charge on any atom is 0.308 e. The summed E-state index contributed by atoms with van der Waals surface area (Å²) in [4.78, 5) is 26.8. The average molecular weight is 269 g/mol. The highest BCUT2D eigenvalue weighted by Gasteiger charge is 2.34. The molecule has 1 heterocycles. The van der Waals surface area contributed by atoms with Crippen LogP contribution in [0.25, 0.3) is 0 Å². The number of rotatable bonds is 3. The fourth-order valence-corrected chi connectivity index (χ4v) is 2.44. The van der Waals surface area contributed by atoms with Crippen LogP contribution in [0, 0.1) is 5.92 Å². The van der Waals surface area contributed by atoms with Gasteiger partial charge in [0.05, 0.1) is 16.5 Å². The van der Waals surface area contributed by atoms with E-state index < -0.39 is 11.9 Å². The van der Waals surface area contributed by atoms with Crippen LogP contribution >= 0.6 is 11.6 Å². The third-order valence-electron chi connectivity index (χ3n) is 3.17. The molecule has 2 N–H and O–H groups in total. The Morgan fingerprint density at radius 1 is 1.44 bits per heavy atom. The van der Waals surface area contributed by atoms with Crippen molar-refractivity contribution in [2.45, 2.75) is 25.3 Å². The van der Waals surface area contributed by atoms with E-state index in [0.717, 1.165) is 6.42 Å². The summed E-state index contributed by atoms with van der Waals surface area (Å²) in [5, 5.41) is 12.0. The van der Waals surface area contributed by atoms with Gasteiger partial charge in [0.25, 0.3) is 5.91 Å². The quantitative estimate of drug-likeness (QED) is 0.875. The Balaban J connectivity index is 2.08. The molecule has 2 atom stereocenters. The van der Waals surface area contributed by atoms with Gasteiger partial charge in [0.2, 0.25) is 0 Å². The Kier molecular flexibility index (Phi) is 3.81. The molecule has 0 spiro atoms. The van der Waals surface area contributed by atoms with Gasteiger partial charge in [-0.3, -0.25) is 14.6 Å². The molecule has 1 aromatic heterocycles. The molecule has 1 amide bonds. The molecule has 1 aromatic rings. The molecule has 1 aliphatic carbocycles. The molecule has 0 aliphatic heterocycles. The molecule has 1 aliphatic rings. The maximum atomic E-state index is 12.0. The van der Waals surface area contributed by atoms with E-state index in [1.165, 1.54) is 18.5 Å². The van der Waals surface area contributed by atoms with Crippen molar-refractivity contribution in [2.24, 2.45) is 5.92 Å². The summed E-state index contributed by atoms with van der Waals surface area (Å²) in [7, 11) is 0. The zero-order chi connectivity index (χ0) is 13.1. The van der Waals surface area contributed by atoms with Crippen molar-refractivity contribution in [2.75, 3.05) is 0 Å². The van der Waals surface area contributed by atoms with Crippen molar-refractivity contribution < 1.29 is 14.7 Å². The first kappa shape index (κ1) is 12.8. The van der Waals surface area contributed by atoms with Crippen LogP contribution < -0.4 is 5.32 Å². The number of halogens is 1. The highest BCUT2D eigenvalue weighted by Crippen LogP contribution is 2.26. The van der Waals surface area contributed by atoms with E-state index >= 15 is 0 Å².